The fourth-order valence-electron chi connectivity index (χ4n) is 1.94. The van der Waals surface area contributed by atoms with Crippen LogP contribution < -0.4 is 16.9 Å². The Hall–Kier alpha value is -3.29. The Morgan fingerprint density at radius 1 is 1.32 bits per heavy atom. The summed E-state index contributed by atoms with van der Waals surface area (Å²) < 4.78 is 1.75. The number of nitrogens with one attached hydrogen (secondary N) is 1. The van der Waals surface area contributed by atoms with Gasteiger partial charge < -0.3 is 21.5 Å². The number of nitro benzene ring substituents is 1. The number of para-hydroxylation sites is 2. The molecule has 0 aliphatic rings. The molecule has 0 unspecified atom stereocenters. The minimum absolute atomic E-state index is 0.0447. The van der Waals surface area contributed by atoms with Gasteiger partial charge in [-0.2, -0.15) is 0 Å². The van der Waals surface area contributed by atoms with Crippen LogP contribution >= 0.6 is 0 Å². The predicted octanol–water partition coefficient (Wildman–Crippen LogP) is 1.18. The van der Waals surface area contributed by atoms with Crippen molar-refractivity contribution in [3.8, 4) is 5.69 Å². The van der Waals surface area contributed by atoms with Crippen LogP contribution in [0.4, 0.5) is 5.69 Å². The number of guanidine groups is 1. The van der Waals surface area contributed by atoms with Gasteiger partial charge >= 0.3 is 0 Å². The number of hydrogen-bond acceptors (Lipinski definition) is 4. The van der Waals surface area contributed by atoms with Gasteiger partial charge in [-0.1, -0.05) is 18.2 Å². The molecule has 8 heteroatoms. The summed E-state index contributed by atoms with van der Waals surface area (Å²) in [5, 5.41) is 14.8. The van der Waals surface area contributed by atoms with Crippen molar-refractivity contribution in [1.29, 1.82) is 0 Å². The molecule has 0 bridgehead atoms. The number of nitrogens with two attached hydrogens (primary N) is 2. The SMILES string of the molecule is NC(N)=NNC/C=C/c1cccn1-c1ccccc1[N+](=O)[O-]. The van der Waals surface area contributed by atoms with E-state index in [1.54, 1.807) is 29.0 Å². The Morgan fingerprint density at radius 2 is 2.09 bits per heavy atom. The highest BCUT2D eigenvalue weighted by molar-refractivity contribution is 5.75. The van der Waals surface area contributed by atoms with Crippen molar-refractivity contribution in [2.45, 2.75) is 0 Å². The molecule has 0 amide bonds. The van der Waals surface area contributed by atoms with Crippen molar-refractivity contribution >= 4 is 17.7 Å². The molecule has 0 aliphatic carbocycles. The number of hydrogen-bond donors (Lipinski definition) is 3. The zero-order valence-corrected chi connectivity index (χ0v) is 11.7. The molecule has 0 saturated heterocycles. The molecule has 2 aromatic rings. The van der Waals surface area contributed by atoms with Crippen molar-refractivity contribution in [1.82, 2.24) is 9.99 Å². The Balaban J connectivity index is 2.22. The minimum atomic E-state index is -0.400. The molecular weight excluding hydrogens is 284 g/mol. The smallest absolute Gasteiger partial charge is 0.293 e. The molecular formula is C14H16N6O2. The first-order chi connectivity index (χ1) is 10.6. The van der Waals surface area contributed by atoms with E-state index in [1.165, 1.54) is 6.07 Å². The summed E-state index contributed by atoms with van der Waals surface area (Å²) >= 11 is 0. The fourth-order valence-corrected chi connectivity index (χ4v) is 1.94. The quantitative estimate of drug-likeness (QED) is 0.243. The van der Waals surface area contributed by atoms with Gasteiger partial charge in [0.2, 0.25) is 5.96 Å². The third-order valence-electron chi connectivity index (χ3n) is 2.82. The summed E-state index contributed by atoms with van der Waals surface area (Å²) in [5.74, 6) is -0.0447. The summed E-state index contributed by atoms with van der Waals surface area (Å²) in [6, 6.07) is 10.2. The van der Waals surface area contributed by atoms with Gasteiger partial charge in [-0.3, -0.25) is 10.1 Å². The maximum atomic E-state index is 11.1. The summed E-state index contributed by atoms with van der Waals surface area (Å²) in [7, 11) is 0. The van der Waals surface area contributed by atoms with Crippen LogP contribution in [0, 0.1) is 10.1 Å². The second-order valence-electron chi connectivity index (χ2n) is 4.35. The maximum Gasteiger partial charge on any atom is 0.293 e. The van der Waals surface area contributed by atoms with E-state index in [0.29, 0.717) is 12.2 Å². The molecule has 1 aromatic heterocycles. The molecule has 5 N–H and O–H groups in total. The zero-order chi connectivity index (χ0) is 15.9. The fraction of sp³-hybridized carbons (Fsp3) is 0.0714. The van der Waals surface area contributed by atoms with E-state index in [9.17, 15) is 10.1 Å². The summed E-state index contributed by atoms with van der Waals surface area (Å²) in [5.41, 5.74) is 14.4. The Labute approximate surface area is 126 Å². The monoisotopic (exact) mass is 300 g/mol. The van der Waals surface area contributed by atoms with E-state index >= 15 is 0 Å². The number of nitrogens with zero attached hydrogens (tertiary/aromatic N) is 3. The molecule has 0 radical (unpaired) electrons. The first-order valence-electron chi connectivity index (χ1n) is 6.49. The lowest BCUT2D eigenvalue weighted by Gasteiger charge is -2.07. The van der Waals surface area contributed by atoms with Gasteiger partial charge in [-0.15, -0.1) is 5.10 Å². The van der Waals surface area contributed by atoms with Crippen LogP contribution in [0.1, 0.15) is 5.69 Å². The average Bonchev–Trinajstić information content (AvgIpc) is 2.94. The molecule has 114 valence electrons. The first-order valence-corrected chi connectivity index (χ1v) is 6.49. The van der Waals surface area contributed by atoms with E-state index in [0.717, 1.165) is 5.69 Å². The minimum Gasteiger partial charge on any atom is -0.369 e. The normalized spacial score (nSPS) is 10.5. The van der Waals surface area contributed by atoms with Gasteiger partial charge in [-0.25, -0.2) is 0 Å². The highest BCUT2D eigenvalue weighted by Crippen LogP contribution is 2.24. The second kappa shape index (κ2) is 6.93. The molecule has 0 atom stereocenters. The van der Waals surface area contributed by atoms with Crippen LogP contribution in [0.2, 0.25) is 0 Å². The number of rotatable bonds is 6. The molecule has 0 spiro atoms. The van der Waals surface area contributed by atoms with Crippen LogP contribution in [0.15, 0.2) is 53.8 Å². The maximum absolute atomic E-state index is 11.1. The zero-order valence-electron chi connectivity index (χ0n) is 11.7. The molecule has 1 heterocycles. The number of hydrazone groups is 1. The van der Waals surface area contributed by atoms with Crippen LogP contribution in [-0.2, 0) is 0 Å². The van der Waals surface area contributed by atoms with E-state index in [1.807, 2.05) is 24.3 Å². The lowest BCUT2D eigenvalue weighted by Crippen LogP contribution is -2.26. The Kier molecular flexibility index (Phi) is 4.76. The van der Waals surface area contributed by atoms with E-state index in [4.69, 9.17) is 11.5 Å². The van der Waals surface area contributed by atoms with Gasteiger partial charge in [0, 0.05) is 18.0 Å². The summed E-state index contributed by atoms with van der Waals surface area (Å²) in [4.78, 5) is 10.7. The van der Waals surface area contributed by atoms with Gasteiger partial charge in [-0.05, 0) is 24.3 Å². The van der Waals surface area contributed by atoms with E-state index in [-0.39, 0.29) is 11.6 Å². The molecule has 0 fully saturated rings. The predicted molar refractivity (Wildman–Crippen MR) is 85.3 cm³/mol. The van der Waals surface area contributed by atoms with Gasteiger partial charge in [0.15, 0.2) is 0 Å². The summed E-state index contributed by atoms with van der Waals surface area (Å²) in [6.45, 7) is 0.431. The highest BCUT2D eigenvalue weighted by atomic mass is 16.6. The third kappa shape index (κ3) is 3.63. The number of aromatic nitrogens is 1. The van der Waals surface area contributed by atoms with Crippen molar-refractivity contribution in [3.63, 3.8) is 0 Å². The molecule has 1 aromatic carbocycles. The van der Waals surface area contributed by atoms with Crippen LogP contribution in [-0.4, -0.2) is 22.0 Å². The molecule has 2 rings (SSSR count). The molecule has 22 heavy (non-hydrogen) atoms. The van der Waals surface area contributed by atoms with Crippen molar-refractivity contribution < 1.29 is 4.92 Å². The van der Waals surface area contributed by atoms with Crippen molar-refractivity contribution in [2.75, 3.05) is 6.54 Å². The van der Waals surface area contributed by atoms with Gasteiger partial charge in [0.1, 0.15) is 5.69 Å². The molecule has 8 nitrogen and oxygen atoms in total. The second-order valence-corrected chi connectivity index (χ2v) is 4.35. The highest BCUT2D eigenvalue weighted by Gasteiger charge is 2.14. The van der Waals surface area contributed by atoms with E-state index < -0.39 is 4.92 Å². The van der Waals surface area contributed by atoms with Crippen LogP contribution in [0.3, 0.4) is 0 Å². The average molecular weight is 300 g/mol. The van der Waals surface area contributed by atoms with Gasteiger partial charge in [0.25, 0.3) is 5.69 Å². The number of benzene rings is 1. The van der Waals surface area contributed by atoms with Crippen LogP contribution in [0.25, 0.3) is 11.8 Å². The standard InChI is InChI=1S/C14H16N6O2/c15-14(16)18-17-9-3-5-11-6-4-10-19(11)12-7-1-2-8-13(12)20(21)22/h1-8,10,17H,9H2,(H4,15,16,18)/b5-3+. The van der Waals surface area contributed by atoms with Gasteiger partial charge in [0.05, 0.1) is 11.5 Å². The largest absolute Gasteiger partial charge is 0.369 e. The lowest BCUT2D eigenvalue weighted by molar-refractivity contribution is -0.384. The summed E-state index contributed by atoms with van der Waals surface area (Å²) in [6.07, 6.45) is 5.41. The third-order valence-corrected chi connectivity index (χ3v) is 2.82. The number of nitro groups is 1. The van der Waals surface area contributed by atoms with Crippen LogP contribution in [0.5, 0.6) is 0 Å². The Bertz CT molecular complexity index is 716. The van der Waals surface area contributed by atoms with Crippen molar-refractivity contribution in [2.24, 2.45) is 16.6 Å². The molecule has 0 saturated carbocycles. The Morgan fingerprint density at radius 3 is 2.82 bits per heavy atom. The first kappa shape index (κ1) is 15.1. The topological polar surface area (TPSA) is 125 Å². The van der Waals surface area contributed by atoms with Crippen molar-refractivity contribution in [3.05, 3.63) is 64.5 Å². The van der Waals surface area contributed by atoms with E-state index in [2.05, 4.69) is 10.5 Å². The molecule has 0 aliphatic heterocycles. The lowest BCUT2D eigenvalue weighted by atomic mass is 10.2.